The fourth-order valence-corrected chi connectivity index (χ4v) is 2.67. The van der Waals surface area contributed by atoms with Crippen molar-refractivity contribution in [2.75, 3.05) is 6.61 Å². The maximum absolute atomic E-state index is 9.80. The summed E-state index contributed by atoms with van der Waals surface area (Å²) in [4.78, 5) is 0. The summed E-state index contributed by atoms with van der Waals surface area (Å²) in [5.41, 5.74) is -0.667. The van der Waals surface area contributed by atoms with Crippen molar-refractivity contribution in [1.29, 1.82) is 0 Å². The van der Waals surface area contributed by atoms with Gasteiger partial charge in [-0.3, -0.25) is 0 Å². The van der Waals surface area contributed by atoms with E-state index >= 15 is 0 Å². The zero-order valence-corrected chi connectivity index (χ0v) is 6.30. The van der Waals surface area contributed by atoms with E-state index in [9.17, 15) is 5.11 Å². The van der Waals surface area contributed by atoms with E-state index in [0.717, 1.165) is 19.3 Å². The van der Waals surface area contributed by atoms with Gasteiger partial charge in [0.2, 0.25) is 0 Å². The molecule has 0 aliphatic heterocycles. The van der Waals surface area contributed by atoms with Gasteiger partial charge in [-0.15, -0.1) is 0 Å². The summed E-state index contributed by atoms with van der Waals surface area (Å²) in [6.45, 7) is 2.03. The summed E-state index contributed by atoms with van der Waals surface area (Å²) >= 11 is 0. The lowest BCUT2D eigenvalue weighted by molar-refractivity contribution is -0.178. The van der Waals surface area contributed by atoms with Crippen molar-refractivity contribution >= 4 is 0 Å². The van der Waals surface area contributed by atoms with E-state index < -0.39 is 5.60 Å². The molecule has 0 radical (unpaired) electrons. The lowest BCUT2D eigenvalue weighted by Crippen LogP contribution is -2.58. The monoisotopic (exact) mass is 142 g/mol. The molecule has 10 heavy (non-hydrogen) atoms. The van der Waals surface area contributed by atoms with E-state index in [4.69, 9.17) is 5.11 Å². The summed E-state index contributed by atoms with van der Waals surface area (Å²) in [6, 6.07) is 0. The van der Waals surface area contributed by atoms with Crippen LogP contribution in [-0.4, -0.2) is 22.4 Å². The largest absolute Gasteiger partial charge is 0.396 e. The Morgan fingerprint density at radius 2 is 2.30 bits per heavy atom. The second-order valence-corrected chi connectivity index (χ2v) is 4.03. The Balaban J connectivity index is 2.27. The first-order valence-corrected chi connectivity index (χ1v) is 3.96. The molecule has 3 rings (SSSR count). The van der Waals surface area contributed by atoms with Crippen molar-refractivity contribution in [3.8, 4) is 0 Å². The van der Waals surface area contributed by atoms with Crippen LogP contribution in [0.15, 0.2) is 0 Å². The third-order valence-electron chi connectivity index (χ3n) is 3.78. The van der Waals surface area contributed by atoms with Crippen LogP contribution < -0.4 is 0 Å². The van der Waals surface area contributed by atoms with Crippen molar-refractivity contribution in [2.45, 2.75) is 31.8 Å². The van der Waals surface area contributed by atoms with Gasteiger partial charge in [-0.1, -0.05) is 0 Å². The number of fused-ring (bicyclic) bond motifs is 1. The second kappa shape index (κ2) is 1.56. The Labute approximate surface area is 60.9 Å². The van der Waals surface area contributed by atoms with Crippen LogP contribution in [0.3, 0.4) is 0 Å². The molecule has 3 saturated carbocycles. The Hall–Kier alpha value is -0.0800. The Bertz CT molecular complexity index is 161. The van der Waals surface area contributed by atoms with Gasteiger partial charge in [0.05, 0.1) is 12.2 Å². The Morgan fingerprint density at radius 1 is 1.60 bits per heavy atom. The van der Waals surface area contributed by atoms with Gasteiger partial charge in [0.15, 0.2) is 0 Å². The first-order chi connectivity index (χ1) is 4.62. The minimum absolute atomic E-state index is 0.113. The van der Waals surface area contributed by atoms with Gasteiger partial charge in [0.25, 0.3) is 0 Å². The fraction of sp³-hybridized carbons (Fsp3) is 1.00. The molecular formula is C8H14O2. The van der Waals surface area contributed by atoms with Gasteiger partial charge in [0, 0.05) is 5.41 Å². The van der Waals surface area contributed by atoms with Crippen LogP contribution in [-0.2, 0) is 0 Å². The molecular weight excluding hydrogens is 128 g/mol. The maximum Gasteiger partial charge on any atom is 0.0725 e. The van der Waals surface area contributed by atoms with Crippen LogP contribution in [0, 0.1) is 11.3 Å². The molecule has 0 aromatic heterocycles. The SMILES string of the molecule is C[C@]1(O)[C@@H]2CC[C@@]1(CO)C2. The Morgan fingerprint density at radius 3 is 2.50 bits per heavy atom. The minimum Gasteiger partial charge on any atom is -0.396 e. The zero-order chi connectivity index (χ0) is 7.41. The molecule has 2 heteroatoms. The molecule has 2 bridgehead atoms. The van der Waals surface area contributed by atoms with Crippen LogP contribution in [0.5, 0.6) is 0 Å². The zero-order valence-electron chi connectivity index (χ0n) is 6.30. The van der Waals surface area contributed by atoms with Gasteiger partial charge in [-0.05, 0) is 32.1 Å². The van der Waals surface area contributed by atoms with E-state index in [1.54, 1.807) is 0 Å². The average Bonchev–Trinajstić information content (AvgIpc) is 2.41. The number of hydrogen-bond donors (Lipinski definition) is 2. The fourth-order valence-electron chi connectivity index (χ4n) is 2.67. The van der Waals surface area contributed by atoms with Crippen molar-refractivity contribution in [3.63, 3.8) is 0 Å². The topological polar surface area (TPSA) is 40.5 Å². The highest BCUT2D eigenvalue weighted by Gasteiger charge is 2.66. The third kappa shape index (κ3) is 0.453. The quantitative estimate of drug-likeness (QED) is 0.560. The lowest BCUT2D eigenvalue weighted by atomic mass is 9.58. The molecule has 0 unspecified atom stereocenters. The third-order valence-corrected chi connectivity index (χ3v) is 3.78. The van der Waals surface area contributed by atoms with E-state index in [0.29, 0.717) is 5.92 Å². The molecule has 2 nitrogen and oxygen atoms in total. The number of aliphatic hydroxyl groups is 2. The number of hydrogen-bond acceptors (Lipinski definition) is 2. The standard InChI is InChI=1S/C8H14O2/c1-7(10)6-2-3-8(7,4-6)5-9/h6,9-10H,2-5H2,1H3/t6-,7+,8+/m1/s1. The van der Waals surface area contributed by atoms with Crippen LogP contribution >= 0.6 is 0 Å². The van der Waals surface area contributed by atoms with Gasteiger partial charge in [-0.25, -0.2) is 0 Å². The van der Waals surface area contributed by atoms with E-state index in [2.05, 4.69) is 0 Å². The van der Waals surface area contributed by atoms with Crippen LogP contribution in [0.1, 0.15) is 26.2 Å². The van der Waals surface area contributed by atoms with Gasteiger partial charge in [-0.2, -0.15) is 0 Å². The molecule has 0 amide bonds. The van der Waals surface area contributed by atoms with E-state index in [1.165, 1.54) is 0 Å². The van der Waals surface area contributed by atoms with Crippen molar-refractivity contribution in [3.05, 3.63) is 0 Å². The van der Waals surface area contributed by atoms with E-state index in [1.807, 2.05) is 6.92 Å². The summed E-state index contributed by atoms with van der Waals surface area (Å²) in [5, 5.41) is 18.8. The molecule has 3 aliphatic rings. The van der Waals surface area contributed by atoms with Crippen LogP contribution in [0.25, 0.3) is 0 Å². The van der Waals surface area contributed by atoms with Gasteiger partial charge < -0.3 is 10.2 Å². The highest BCUT2D eigenvalue weighted by Crippen LogP contribution is 2.64. The van der Waals surface area contributed by atoms with Crippen LogP contribution in [0.4, 0.5) is 0 Å². The summed E-state index contributed by atoms with van der Waals surface area (Å²) in [6.07, 6.45) is 3.16. The predicted molar refractivity (Wildman–Crippen MR) is 37.5 cm³/mol. The van der Waals surface area contributed by atoms with Crippen LogP contribution in [0.2, 0.25) is 0 Å². The molecule has 3 fully saturated rings. The maximum atomic E-state index is 9.80. The van der Waals surface area contributed by atoms with Crippen molar-refractivity contribution in [2.24, 2.45) is 11.3 Å². The molecule has 0 spiro atoms. The minimum atomic E-state index is -0.554. The highest BCUT2D eigenvalue weighted by atomic mass is 16.3. The molecule has 0 aromatic rings. The molecule has 0 saturated heterocycles. The van der Waals surface area contributed by atoms with Gasteiger partial charge >= 0.3 is 0 Å². The lowest BCUT2D eigenvalue weighted by Gasteiger charge is -2.52. The van der Waals surface area contributed by atoms with Gasteiger partial charge in [0.1, 0.15) is 0 Å². The first-order valence-electron chi connectivity index (χ1n) is 3.96. The summed E-state index contributed by atoms with van der Waals surface area (Å²) in [7, 11) is 0. The molecule has 0 aromatic carbocycles. The predicted octanol–water partition coefficient (Wildman–Crippen LogP) is 0.530. The van der Waals surface area contributed by atoms with Crippen molar-refractivity contribution < 1.29 is 10.2 Å². The Kier molecular flexibility index (Phi) is 1.03. The molecule has 3 aliphatic carbocycles. The molecule has 0 heterocycles. The average molecular weight is 142 g/mol. The highest BCUT2D eigenvalue weighted by molar-refractivity contribution is 5.16. The molecule has 58 valence electrons. The summed E-state index contributed by atoms with van der Waals surface area (Å²) in [5.74, 6) is 0.472. The number of rotatable bonds is 1. The normalized spacial score (nSPS) is 58.5. The smallest absolute Gasteiger partial charge is 0.0725 e. The number of aliphatic hydroxyl groups excluding tert-OH is 1. The second-order valence-electron chi connectivity index (χ2n) is 4.03. The molecule has 3 atom stereocenters. The molecule has 2 N–H and O–H groups in total. The summed E-state index contributed by atoms with van der Waals surface area (Å²) < 4.78 is 0. The van der Waals surface area contributed by atoms with Crippen molar-refractivity contribution in [1.82, 2.24) is 0 Å². The van der Waals surface area contributed by atoms with E-state index in [-0.39, 0.29) is 12.0 Å². The first kappa shape index (κ1) is 6.62.